The second kappa shape index (κ2) is 4.94. The number of rotatable bonds is 2. The van der Waals surface area contributed by atoms with E-state index in [0.717, 1.165) is 25.1 Å². The van der Waals surface area contributed by atoms with Crippen LogP contribution in [0, 0.1) is 11.7 Å². The van der Waals surface area contributed by atoms with Crippen molar-refractivity contribution in [1.82, 2.24) is 9.62 Å². The molecular weight excluding hydrogens is 303 g/mol. The van der Waals surface area contributed by atoms with Crippen LogP contribution in [-0.4, -0.2) is 37.9 Å². The molecule has 2 saturated heterocycles. The summed E-state index contributed by atoms with van der Waals surface area (Å²) < 4.78 is 40.5. The van der Waals surface area contributed by atoms with Gasteiger partial charge in [-0.25, -0.2) is 12.8 Å². The number of nitrogens with zero attached hydrogens (tertiary/aromatic N) is 1. The minimum atomic E-state index is -3.77. The molecule has 0 amide bonds. The van der Waals surface area contributed by atoms with Crippen molar-refractivity contribution in [2.45, 2.75) is 30.3 Å². The fourth-order valence-electron chi connectivity index (χ4n) is 3.33. The molecule has 2 aliphatic rings. The molecule has 0 saturated carbocycles. The number of halogens is 2. The molecule has 1 aromatic rings. The smallest absolute Gasteiger partial charge is 0.245 e. The Bertz CT molecular complexity index is 637. The van der Waals surface area contributed by atoms with E-state index >= 15 is 0 Å². The van der Waals surface area contributed by atoms with Crippen molar-refractivity contribution in [2.75, 3.05) is 13.1 Å². The van der Waals surface area contributed by atoms with E-state index in [2.05, 4.69) is 5.32 Å². The van der Waals surface area contributed by atoms with Crippen LogP contribution in [0.2, 0.25) is 5.02 Å². The maximum Gasteiger partial charge on any atom is 0.245 e. The van der Waals surface area contributed by atoms with Crippen LogP contribution >= 0.6 is 11.6 Å². The van der Waals surface area contributed by atoms with E-state index in [1.54, 1.807) is 0 Å². The first-order chi connectivity index (χ1) is 9.41. The predicted molar refractivity (Wildman–Crippen MR) is 74.7 cm³/mol. The van der Waals surface area contributed by atoms with Gasteiger partial charge in [0.2, 0.25) is 10.0 Å². The Kier molecular flexibility index (Phi) is 3.52. The molecule has 2 heterocycles. The molecule has 0 bridgehead atoms. The molecule has 110 valence electrons. The first-order valence-electron chi connectivity index (χ1n) is 6.60. The molecule has 0 spiro atoms. The normalized spacial score (nSPS) is 30.6. The van der Waals surface area contributed by atoms with Crippen molar-refractivity contribution >= 4 is 21.6 Å². The van der Waals surface area contributed by atoms with Gasteiger partial charge in [-0.2, -0.15) is 4.31 Å². The Morgan fingerprint density at radius 3 is 2.90 bits per heavy atom. The summed E-state index contributed by atoms with van der Waals surface area (Å²) in [4.78, 5) is -0.140. The van der Waals surface area contributed by atoms with Crippen molar-refractivity contribution in [3.8, 4) is 0 Å². The summed E-state index contributed by atoms with van der Waals surface area (Å²) in [6, 6.07) is 3.30. The van der Waals surface area contributed by atoms with Crippen molar-refractivity contribution in [3.05, 3.63) is 29.0 Å². The van der Waals surface area contributed by atoms with Gasteiger partial charge in [-0.15, -0.1) is 0 Å². The van der Waals surface area contributed by atoms with Gasteiger partial charge in [0, 0.05) is 18.6 Å². The zero-order chi connectivity index (χ0) is 14.5. The average Bonchev–Trinajstić information content (AvgIpc) is 2.91. The largest absolute Gasteiger partial charge is 0.315 e. The van der Waals surface area contributed by atoms with E-state index in [0.29, 0.717) is 12.5 Å². The number of sulfonamides is 1. The Balaban J connectivity index is 2.05. The Morgan fingerprint density at radius 2 is 2.15 bits per heavy atom. The van der Waals surface area contributed by atoms with Gasteiger partial charge in [0.25, 0.3) is 0 Å². The van der Waals surface area contributed by atoms with Crippen LogP contribution in [0.5, 0.6) is 0 Å². The molecule has 1 N–H and O–H groups in total. The molecule has 0 aliphatic carbocycles. The molecule has 3 unspecified atom stereocenters. The van der Waals surface area contributed by atoms with E-state index in [4.69, 9.17) is 11.6 Å². The Hall–Kier alpha value is -0.690. The summed E-state index contributed by atoms with van der Waals surface area (Å²) in [5, 5.41) is 3.27. The minimum absolute atomic E-state index is 0.0608. The summed E-state index contributed by atoms with van der Waals surface area (Å²) >= 11 is 5.96. The third-order valence-electron chi connectivity index (χ3n) is 4.16. The van der Waals surface area contributed by atoms with Crippen LogP contribution in [-0.2, 0) is 10.0 Å². The molecule has 0 aromatic heterocycles. The first kappa shape index (κ1) is 14.3. The number of benzene rings is 1. The minimum Gasteiger partial charge on any atom is -0.315 e. The first-order valence-corrected chi connectivity index (χ1v) is 8.42. The summed E-state index contributed by atoms with van der Waals surface area (Å²) in [6.45, 7) is 3.36. The van der Waals surface area contributed by atoms with Crippen molar-refractivity contribution in [1.29, 1.82) is 0 Å². The molecule has 2 fully saturated rings. The molecular formula is C13H16ClFN2O2S. The molecule has 1 aromatic carbocycles. The van der Waals surface area contributed by atoms with E-state index < -0.39 is 15.8 Å². The monoisotopic (exact) mass is 318 g/mol. The topological polar surface area (TPSA) is 49.4 Å². The SMILES string of the molecule is CC1CC2CNCC2N1S(=O)(=O)c1cc(F)ccc1Cl. The van der Waals surface area contributed by atoms with Gasteiger partial charge in [0.1, 0.15) is 10.7 Å². The fourth-order valence-corrected chi connectivity index (χ4v) is 5.71. The second-order valence-corrected chi connectivity index (χ2v) is 7.70. The third-order valence-corrected chi connectivity index (χ3v) is 6.68. The summed E-state index contributed by atoms with van der Waals surface area (Å²) in [6.07, 6.45) is 0.823. The molecule has 3 rings (SSSR count). The highest BCUT2D eigenvalue weighted by molar-refractivity contribution is 7.89. The lowest BCUT2D eigenvalue weighted by Crippen LogP contribution is -2.42. The quantitative estimate of drug-likeness (QED) is 0.905. The van der Waals surface area contributed by atoms with Crippen molar-refractivity contribution < 1.29 is 12.8 Å². The highest BCUT2D eigenvalue weighted by Crippen LogP contribution is 2.38. The van der Waals surface area contributed by atoms with Gasteiger partial charge in [-0.1, -0.05) is 11.6 Å². The van der Waals surface area contributed by atoms with Gasteiger partial charge in [0.15, 0.2) is 0 Å². The highest BCUT2D eigenvalue weighted by atomic mass is 35.5. The van der Waals surface area contributed by atoms with Crippen LogP contribution in [0.15, 0.2) is 23.1 Å². The number of fused-ring (bicyclic) bond motifs is 1. The third kappa shape index (κ3) is 2.15. The average molecular weight is 319 g/mol. The van der Waals surface area contributed by atoms with E-state index in [9.17, 15) is 12.8 Å². The Labute approximate surface area is 123 Å². The van der Waals surface area contributed by atoms with Crippen molar-refractivity contribution in [3.63, 3.8) is 0 Å². The van der Waals surface area contributed by atoms with Gasteiger partial charge in [-0.05, 0) is 44.0 Å². The van der Waals surface area contributed by atoms with Gasteiger partial charge in [0.05, 0.1) is 5.02 Å². The van der Waals surface area contributed by atoms with Crippen LogP contribution in [0.3, 0.4) is 0 Å². The molecule has 4 nitrogen and oxygen atoms in total. The molecule has 2 aliphatic heterocycles. The molecule has 0 radical (unpaired) electrons. The standard InChI is InChI=1S/C13H16ClFN2O2S/c1-8-4-9-6-16-7-12(9)17(8)20(18,19)13-5-10(15)2-3-11(13)14/h2-3,5,8-9,12,16H,4,6-7H2,1H3. The van der Waals surface area contributed by atoms with E-state index in [1.807, 2.05) is 6.92 Å². The summed E-state index contributed by atoms with van der Waals surface area (Å²) in [7, 11) is -3.77. The second-order valence-electron chi connectivity index (χ2n) is 5.48. The van der Waals surface area contributed by atoms with E-state index in [-0.39, 0.29) is 22.0 Å². The van der Waals surface area contributed by atoms with Gasteiger partial charge < -0.3 is 5.32 Å². The van der Waals surface area contributed by atoms with Gasteiger partial charge >= 0.3 is 0 Å². The maximum atomic E-state index is 13.4. The highest BCUT2D eigenvalue weighted by Gasteiger charge is 2.48. The molecule has 7 heteroatoms. The zero-order valence-electron chi connectivity index (χ0n) is 11.0. The fraction of sp³-hybridized carbons (Fsp3) is 0.538. The summed E-state index contributed by atoms with van der Waals surface area (Å²) in [5.41, 5.74) is 0. The lowest BCUT2D eigenvalue weighted by Gasteiger charge is -2.27. The van der Waals surface area contributed by atoms with Gasteiger partial charge in [-0.3, -0.25) is 0 Å². The maximum absolute atomic E-state index is 13.4. The van der Waals surface area contributed by atoms with Crippen LogP contribution < -0.4 is 5.32 Å². The molecule has 3 atom stereocenters. The molecule has 20 heavy (non-hydrogen) atoms. The van der Waals surface area contributed by atoms with Crippen LogP contribution in [0.25, 0.3) is 0 Å². The van der Waals surface area contributed by atoms with Crippen molar-refractivity contribution in [2.24, 2.45) is 5.92 Å². The van der Waals surface area contributed by atoms with E-state index in [1.165, 1.54) is 10.4 Å². The number of hydrogen-bond donors (Lipinski definition) is 1. The van der Waals surface area contributed by atoms with Crippen LogP contribution in [0.1, 0.15) is 13.3 Å². The Morgan fingerprint density at radius 1 is 1.40 bits per heavy atom. The van der Waals surface area contributed by atoms with Crippen LogP contribution in [0.4, 0.5) is 4.39 Å². The lowest BCUT2D eigenvalue weighted by molar-refractivity contribution is 0.335. The summed E-state index contributed by atoms with van der Waals surface area (Å²) in [5.74, 6) is -0.270. The zero-order valence-corrected chi connectivity index (χ0v) is 12.6. The lowest BCUT2D eigenvalue weighted by atomic mass is 10.0. The number of hydrogen-bond acceptors (Lipinski definition) is 3. The predicted octanol–water partition coefficient (Wildman–Crippen LogP) is 1.85. The number of nitrogens with one attached hydrogen (secondary N) is 1.